The molecular weight excluding hydrogens is 360 g/mol. The molecule has 27 heavy (non-hydrogen) atoms. The first kappa shape index (κ1) is 18.0. The van der Waals surface area contributed by atoms with Crippen LogP contribution in [0, 0.1) is 10.1 Å². The zero-order valence-corrected chi connectivity index (χ0v) is 16.0. The Kier molecular flexibility index (Phi) is 4.91. The van der Waals surface area contributed by atoms with Crippen molar-refractivity contribution in [1.29, 1.82) is 0 Å². The molecule has 1 amide bonds. The lowest BCUT2D eigenvalue weighted by molar-refractivity contribution is -0.384. The molecule has 2 aromatic carbocycles. The van der Waals surface area contributed by atoms with Gasteiger partial charge in [0.15, 0.2) is 0 Å². The van der Waals surface area contributed by atoms with Crippen LogP contribution < -0.4 is 0 Å². The first-order valence-electron chi connectivity index (χ1n) is 9.35. The summed E-state index contributed by atoms with van der Waals surface area (Å²) < 4.78 is 0. The molecule has 0 N–H and O–H groups in total. The molecule has 0 aliphatic heterocycles. The van der Waals surface area contributed by atoms with Crippen LogP contribution in [0.4, 0.5) is 5.69 Å². The van der Waals surface area contributed by atoms with E-state index < -0.39 is 4.92 Å². The maximum absolute atomic E-state index is 13.3. The van der Waals surface area contributed by atoms with Crippen LogP contribution in [0.3, 0.4) is 0 Å². The number of hydrogen-bond acceptors (Lipinski definition) is 4. The molecule has 4 rings (SSSR count). The lowest BCUT2D eigenvalue weighted by Crippen LogP contribution is -2.40. The second-order valence-corrected chi connectivity index (χ2v) is 8.66. The van der Waals surface area contributed by atoms with Crippen LogP contribution in [0.15, 0.2) is 53.4 Å². The normalized spacial score (nSPS) is 19.4. The second kappa shape index (κ2) is 7.35. The van der Waals surface area contributed by atoms with Gasteiger partial charge in [0.2, 0.25) is 5.91 Å². The van der Waals surface area contributed by atoms with Crippen molar-refractivity contribution in [3.63, 3.8) is 0 Å². The molecule has 0 heterocycles. The summed E-state index contributed by atoms with van der Waals surface area (Å²) in [6.45, 7) is 1.94. The number of rotatable bonds is 6. The Bertz CT molecular complexity index is 864. The van der Waals surface area contributed by atoms with Gasteiger partial charge in [0, 0.05) is 23.1 Å². The minimum Gasteiger partial charge on any atom is -0.332 e. The van der Waals surface area contributed by atoms with E-state index in [0.717, 1.165) is 30.6 Å². The molecule has 2 atom stereocenters. The summed E-state index contributed by atoms with van der Waals surface area (Å²) in [5, 5.41) is 10.6. The average molecular weight is 382 g/mol. The van der Waals surface area contributed by atoms with Gasteiger partial charge in [-0.05, 0) is 55.9 Å². The number of nitro benzene ring substituents is 1. The number of nitrogens with zero attached hydrogens (tertiary/aromatic N) is 2. The summed E-state index contributed by atoms with van der Waals surface area (Å²) in [5.74, 6) is 0.169. The molecule has 0 saturated heterocycles. The summed E-state index contributed by atoms with van der Waals surface area (Å²) in [6, 6.07) is 15.4. The first-order chi connectivity index (χ1) is 13.0. The van der Waals surface area contributed by atoms with Crippen LogP contribution >= 0.6 is 11.8 Å². The Morgan fingerprint density at radius 2 is 1.85 bits per heavy atom. The molecule has 0 bridgehead atoms. The SMILES string of the molecule is CC(Sc1ccc([N+](=O)[O-])cc1)C(=O)N(C1CC1)C1CCc2ccccc21. The minimum absolute atomic E-state index is 0.0699. The highest BCUT2D eigenvalue weighted by molar-refractivity contribution is 8.00. The van der Waals surface area contributed by atoms with E-state index in [4.69, 9.17) is 0 Å². The van der Waals surface area contributed by atoms with Crippen molar-refractivity contribution in [2.75, 3.05) is 0 Å². The van der Waals surface area contributed by atoms with Crippen LogP contribution in [0.2, 0.25) is 0 Å². The fraction of sp³-hybridized carbons (Fsp3) is 0.381. The number of aryl methyl sites for hydroxylation is 1. The number of carbonyl (C=O) groups excluding carboxylic acids is 1. The van der Waals surface area contributed by atoms with Gasteiger partial charge >= 0.3 is 0 Å². The molecule has 1 saturated carbocycles. The molecule has 5 nitrogen and oxygen atoms in total. The van der Waals surface area contributed by atoms with Gasteiger partial charge in [0.05, 0.1) is 16.2 Å². The fourth-order valence-corrected chi connectivity index (χ4v) is 4.80. The van der Waals surface area contributed by atoms with Crippen molar-refractivity contribution in [3.8, 4) is 0 Å². The van der Waals surface area contributed by atoms with Gasteiger partial charge < -0.3 is 4.90 Å². The molecule has 6 heteroatoms. The van der Waals surface area contributed by atoms with Crippen molar-refractivity contribution < 1.29 is 9.72 Å². The van der Waals surface area contributed by atoms with E-state index in [1.165, 1.54) is 35.0 Å². The third-order valence-electron chi connectivity index (χ3n) is 5.34. The highest BCUT2D eigenvalue weighted by atomic mass is 32.2. The zero-order valence-electron chi connectivity index (χ0n) is 15.2. The Morgan fingerprint density at radius 1 is 1.15 bits per heavy atom. The number of benzene rings is 2. The Hall–Kier alpha value is -2.34. The molecule has 2 aromatic rings. The fourth-order valence-electron chi connectivity index (χ4n) is 3.88. The van der Waals surface area contributed by atoms with Gasteiger partial charge in [-0.3, -0.25) is 14.9 Å². The summed E-state index contributed by atoms with van der Waals surface area (Å²) in [5.41, 5.74) is 2.72. The van der Waals surface area contributed by atoms with Crippen LogP contribution in [-0.2, 0) is 11.2 Å². The Labute approximate surface area is 162 Å². The van der Waals surface area contributed by atoms with Crippen molar-refractivity contribution in [2.24, 2.45) is 0 Å². The predicted molar refractivity (Wildman–Crippen MR) is 106 cm³/mol. The Balaban J connectivity index is 1.50. The van der Waals surface area contributed by atoms with Crippen molar-refractivity contribution in [2.45, 2.75) is 54.8 Å². The number of carbonyl (C=O) groups is 1. The van der Waals surface area contributed by atoms with Gasteiger partial charge in [0.25, 0.3) is 5.69 Å². The molecule has 140 valence electrons. The molecule has 2 aliphatic rings. The number of hydrogen-bond donors (Lipinski definition) is 0. The third-order valence-corrected chi connectivity index (χ3v) is 6.44. The molecule has 2 aliphatic carbocycles. The topological polar surface area (TPSA) is 63.5 Å². The summed E-state index contributed by atoms with van der Waals surface area (Å²) in [6.07, 6.45) is 4.19. The summed E-state index contributed by atoms with van der Waals surface area (Å²) >= 11 is 1.47. The monoisotopic (exact) mass is 382 g/mol. The smallest absolute Gasteiger partial charge is 0.269 e. The maximum Gasteiger partial charge on any atom is 0.269 e. The highest BCUT2D eigenvalue weighted by Crippen LogP contribution is 2.43. The van der Waals surface area contributed by atoms with Crippen molar-refractivity contribution in [3.05, 3.63) is 69.8 Å². The molecule has 2 unspecified atom stereocenters. The molecule has 0 aromatic heterocycles. The minimum atomic E-state index is -0.407. The average Bonchev–Trinajstić information content (AvgIpc) is 3.42. The van der Waals surface area contributed by atoms with E-state index in [0.29, 0.717) is 6.04 Å². The van der Waals surface area contributed by atoms with E-state index >= 15 is 0 Å². The molecular formula is C21H22N2O3S. The van der Waals surface area contributed by atoms with E-state index in [1.807, 2.05) is 6.92 Å². The lowest BCUT2D eigenvalue weighted by atomic mass is 10.1. The second-order valence-electron chi connectivity index (χ2n) is 7.24. The van der Waals surface area contributed by atoms with Gasteiger partial charge in [-0.15, -0.1) is 11.8 Å². The number of non-ortho nitro benzene ring substituents is 1. The maximum atomic E-state index is 13.3. The van der Waals surface area contributed by atoms with Crippen LogP contribution in [-0.4, -0.2) is 27.0 Å². The van der Waals surface area contributed by atoms with Gasteiger partial charge in [-0.1, -0.05) is 24.3 Å². The van der Waals surface area contributed by atoms with E-state index in [1.54, 1.807) is 12.1 Å². The molecule has 1 fully saturated rings. The first-order valence-corrected chi connectivity index (χ1v) is 10.2. The van der Waals surface area contributed by atoms with Crippen molar-refractivity contribution >= 4 is 23.4 Å². The summed E-state index contributed by atoms with van der Waals surface area (Å²) in [7, 11) is 0. The van der Waals surface area contributed by atoms with Gasteiger partial charge in [-0.25, -0.2) is 0 Å². The van der Waals surface area contributed by atoms with Gasteiger partial charge in [-0.2, -0.15) is 0 Å². The molecule has 0 radical (unpaired) electrons. The number of amides is 1. The third kappa shape index (κ3) is 3.72. The van der Waals surface area contributed by atoms with Gasteiger partial charge in [0.1, 0.15) is 0 Å². The van der Waals surface area contributed by atoms with E-state index in [2.05, 4.69) is 29.2 Å². The van der Waals surface area contributed by atoms with Crippen LogP contribution in [0.5, 0.6) is 0 Å². The zero-order chi connectivity index (χ0) is 19.0. The van der Waals surface area contributed by atoms with Crippen LogP contribution in [0.1, 0.15) is 43.4 Å². The van der Waals surface area contributed by atoms with E-state index in [9.17, 15) is 14.9 Å². The largest absolute Gasteiger partial charge is 0.332 e. The van der Waals surface area contributed by atoms with Crippen LogP contribution in [0.25, 0.3) is 0 Å². The predicted octanol–water partition coefficient (Wildman–Crippen LogP) is 4.75. The standard InChI is InChI=1S/C21H22N2O3S/c1-14(27-18-11-9-17(10-12-18)23(25)26)21(24)22(16-7-8-16)20-13-6-15-4-2-3-5-19(15)20/h2-5,9-12,14,16,20H,6-8,13H2,1H3. The Morgan fingerprint density at radius 3 is 2.52 bits per heavy atom. The molecule has 0 spiro atoms. The lowest BCUT2D eigenvalue weighted by Gasteiger charge is -2.32. The number of fused-ring (bicyclic) bond motifs is 1. The number of thioether (sulfide) groups is 1. The quantitative estimate of drug-likeness (QED) is 0.411. The summed E-state index contributed by atoms with van der Waals surface area (Å²) in [4.78, 5) is 26.7. The van der Waals surface area contributed by atoms with E-state index in [-0.39, 0.29) is 22.9 Å². The van der Waals surface area contributed by atoms with Crippen molar-refractivity contribution in [1.82, 2.24) is 4.90 Å². The highest BCUT2D eigenvalue weighted by Gasteiger charge is 2.41. The number of nitro groups is 1.